The van der Waals surface area contributed by atoms with Crippen LogP contribution in [0.25, 0.3) is 0 Å². The molecule has 0 aliphatic heterocycles. The number of nitrogens with zero attached hydrogens (tertiary/aromatic N) is 2. The van der Waals surface area contributed by atoms with Crippen molar-refractivity contribution in [2.75, 3.05) is 6.26 Å². The van der Waals surface area contributed by atoms with Crippen LogP contribution in [0.1, 0.15) is 18.1 Å². The SMILES string of the molecule is CSc1nnc(Sc2ccc(CC(C)N)c(C)c2)s1. The maximum absolute atomic E-state index is 5.85. The van der Waals surface area contributed by atoms with Crippen molar-refractivity contribution in [2.24, 2.45) is 5.73 Å². The van der Waals surface area contributed by atoms with Crippen LogP contribution in [-0.4, -0.2) is 22.5 Å². The van der Waals surface area contributed by atoms with Gasteiger partial charge >= 0.3 is 0 Å². The van der Waals surface area contributed by atoms with Crippen molar-refractivity contribution in [3.8, 4) is 0 Å². The van der Waals surface area contributed by atoms with E-state index < -0.39 is 0 Å². The summed E-state index contributed by atoms with van der Waals surface area (Å²) in [6.45, 7) is 4.17. The van der Waals surface area contributed by atoms with E-state index in [0.29, 0.717) is 0 Å². The van der Waals surface area contributed by atoms with Crippen molar-refractivity contribution in [3.63, 3.8) is 0 Å². The van der Waals surface area contributed by atoms with Gasteiger partial charge in [0.15, 0.2) is 8.68 Å². The molecule has 0 saturated carbocycles. The van der Waals surface area contributed by atoms with Crippen molar-refractivity contribution >= 4 is 34.9 Å². The first-order valence-corrected chi connectivity index (χ1v) is 8.84. The Morgan fingerprint density at radius 2 is 2.05 bits per heavy atom. The molecule has 1 unspecified atom stereocenters. The molecule has 2 rings (SSSR count). The number of hydrogen-bond acceptors (Lipinski definition) is 6. The van der Waals surface area contributed by atoms with Crippen LogP contribution in [0.3, 0.4) is 0 Å². The molecule has 1 heterocycles. The van der Waals surface area contributed by atoms with Gasteiger partial charge in [0, 0.05) is 10.9 Å². The number of benzene rings is 1. The van der Waals surface area contributed by atoms with Gasteiger partial charge in [-0.3, -0.25) is 0 Å². The molecule has 0 fully saturated rings. The second-order valence-electron chi connectivity index (χ2n) is 4.41. The molecule has 6 heteroatoms. The molecule has 0 radical (unpaired) electrons. The van der Waals surface area contributed by atoms with Crippen LogP contribution in [0, 0.1) is 6.92 Å². The lowest BCUT2D eigenvalue weighted by atomic mass is 10.0. The molecule has 1 aromatic heterocycles. The summed E-state index contributed by atoms with van der Waals surface area (Å²) in [6, 6.07) is 6.69. The van der Waals surface area contributed by atoms with E-state index in [0.717, 1.165) is 15.1 Å². The van der Waals surface area contributed by atoms with Crippen LogP contribution >= 0.6 is 34.9 Å². The average Bonchev–Trinajstić information content (AvgIpc) is 2.80. The van der Waals surface area contributed by atoms with Gasteiger partial charge in [-0.1, -0.05) is 40.9 Å². The minimum Gasteiger partial charge on any atom is -0.328 e. The number of aryl methyl sites for hydroxylation is 1. The smallest absolute Gasteiger partial charge is 0.179 e. The van der Waals surface area contributed by atoms with Gasteiger partial charge in [0.05, 0.1) is 0 Å². The topological polar surface area (TPSA) is 51.8 Å². The normalized spacial score (nSPS) is 12.6. The van der Waals surface area contributed by atoms with Crippen LogP contribution in [0.2, 0.25) is 0 Å². The molecule has 0 spiro atoms. The highest BCUT2D eigenvalue weighted by Gasteiger charge is 2.07. The fourth-order valence-electron chi connectivity index (χ4n) is 1.73. The fraction of sp³-hybridized carbons (Fsp3) is 0.385. The lowest BCUT2D eigenvalue weighted by Crippen LogP contribution is -2.18. The van der Waals surface area contributed by atoms with Crippen molar-refractivity contribution in [1.82, 2.24) is 10.2 Å². The number of hydrogen-bond donors (Lipinski definition) is 1. The molecule has 1 atom stereocenters. The Balaban J connectivity index is 2.11. The van der Waals surface area contributed by atoms with Crippen LogP contribution < -0.4 is 5.73 Å². The van der Waals surface area contributed by atoms with Crippen LogP contribution in [-0.2, 0) is 6.42 Å². The highest BCUT2D eigenvalue weighted by molar-refractivity contribution is 8.03. The van der Waals surface area contributed by atoms with Gasteiger partial charge in [0.2, 0.25) is 0 Å². The standard InChI is InChI=1S/C13H17N3S3/c1-8-6-11(5-4-10(8)7-9(2)14)18-13-16-15-12(17-3)19-13/h4-6,9H,7,14H2,1-3H3. The second kappa shape index (κ2) is 6.74. The Morgan fingerprint density at radius 3 is 2.63 bits per heavy atom. The van der Waals surface area contributed by atoms with Crippen LogP contribution in [0.15, 0.2) is 31.8 Å². The molecule has 0 aliphatic rings. The van der Waals surface area contributed by atoms with E-state index in [2.05, 4.69) is 35.3 Å². The van der Waals surface area contributed by atoms with E-state index in [4.69, 9.17) is 5.73 Å². The molecule has 0 amide bonds. The van der Waals surface area contributed by atoms with Crippen molar-refractivity contribution in [3.05, 3.63) is 29.3 Å². The molecule has 19 heavy (non-hydrogen) atoms. The van der Waals surface area contributed by atoms with Gasteiger partial charge in [-0.15, -0.1) is 10.2 Å². The predicted molar refractivity (Wildman–Crippen MR) is 84.3 cm³/mol. The average molecular weight is 312 g/mol. The molecule has 0 saturated heterocycles. The van der Waals surface area contributed by atoms with Gasteiger partial charge in [0.1, 0.15) is 0 Å². The van der Waals surface area contributed by atoms with E-state index in [9.17, 15) is 0 Å². The van der Waals surface area contributed by atoms with E-state index in [1.54, 1.807) is 34.9 Å². The number of aromatic nitrogens is 2. The van der Waals surface area contributed by atoms with Crippen molar-refractivity contribution in [2.45, 2.75) is 39.9 Å². The lowest BCUT2D eigenvalue weighted by molar-refractivity contribution is 0.734. The number of nitrogens with two attached hydrogens (primary N) is 1. The molecule has 2 N–H and O–H groups in total. The monoisotopic (exact) mass is 311 g/mol. The van der Waals surface area contributed by atoms with Crippen LogP contribution in [0.4, 0.5) is 0 Å². The zero-order valence-corrected chi connectivity index (χ0v) is 13.7. The minimum absolute atomic E-state index is 0.199. The Labute approximate surface area is 126 Å². The first kappa shape index (κ1) is 14.8. The van der Waals surface area contributed by atoms with Gasteiger partial charge in [0.25, 0.3) is 0 Å². The van der Waals surface area contributed by atoms with E-state index in [-0.39, 0.29) is 6.04 Å². The Hall–Kier alpha value is -0.560. The van der Waals surface area contributed by atoms with Crippen molar-refractivity contribution in [1.29, 1.82) is 0 Å². The van der Waals surface area contributed by atoms with Crippen molar-refractivity contribution < 1.29 is 0 Å². The minimum atomic E-state index is 0.199. The highest BCUT2D eigenvalue weighted by Crippen LogP contribution is 2.33. The third-order valence-corrected chi connectivity index (χ3v) is 5.56. The summed E-state index contributed by atoms with van der Waals surface area (Å²) in [5.41, 5.74) is 8.46. The maximum atomic E-state index is 5.85. The Morgan fingerprint density at radius 1 is 1.32 bits per heavy atom. The van der Waals surface area contributed by atoms with E-state index >= 15 is 0 Å². The number of thioether (sulfide) groups is 1. The molecule has 0 bridgehead atoms. The molecule has 2 aromatic rings. The molecule has 1 aromatic carbocycles. The summed E-state index contributed by atoms with van der Waals surface area (Å²) in [6.07, 6.45) is 2.94. The molecular weight excluding hydrogens is 294 g/mol. The second-order valence-corrected chi connectivity index (χ2v) is 7.76. The molecule has 102 valence electrons. The Kier molecular flexibility index (Phi) is 5.27. The van der Waals surface area contributed by atoms with Gasteiger partial charge in [-0.05, 0) is 49.8 Å². The summed E-state index contributed by atoms with van der Waals surface area (Å²) in [4.78, 5) is 1.20. The number of rotatable bonds is 5. The molecule has 0 aliphatic carbocycles. The zero-order valence-electron chi connectivity index (χ0n) is 11.2. The summed E-state index contributed by atoms with van der Waals surface area (Å²) in [5, 5.41) is 8.28. The molecular formula is C13H17N3S3. The Bertz CT molecular complexity index is 552. The zero-order chi connectivity index (χ0) is 13.8. The summed E-state index contributed by atoms with van der Waals surface area (Å²) in [7, 11) is 0. The van der Waals surface area contributed by atoms with E-state index in [1.165, 1.54) is 16.0 Å². The first-order valence-electron chi connectivity index (χ1n) is 5.99. The highest BCUT2D eigenvalue weighted by atomic mass is 32.2. The quantitative estimate of drug-likeness (QED) is 0.855. The van der Waals surface area contributed by atoms with Gasteiger partial charge in [-0.25, -0.2) is 0 Å². The maximum Gasteiger partial charge on any atom is 0.179 e. The van der Waals surface area contributed by atoms with Crippen LogP contribution in [0.5, 0.6) is 0 Å². The summed E-state index contributed by atoms with van der Waals surface area (Å²) in [5.74, 6) is 0. The van der Waals surface area contributed by atoms with Gasteiger partial charge in [-0.2, -0.15) is 0 Å². The summed E-state index contributed by atoms with van der Waals surface area (Å²) >= 11 is 4.93. The molecule has 3 nitrogen and oxygen atoms in total. The third-order valence-electron chi connectivity index (χ3n) is 2.62. The predicted octanol–water partition coefficient (Wildman–Crippen LogP) is 3.61. The first-order chi connectivity index (χ1) is 9.08. The third kappa shape index (κ3) is 4.21. The lowest BCUT2D eigenvalue weighted by Gasteiger charge is -2.09. The fourth-order valence-corrected chi connectivity index (χ4v) is 4.24. The largest absolute Gasteiger partial charge is 0.328 e. The van der Waals surface area contributed by atoms with E-state index in [1.807, 2.05) is 13.2 Å². The van der Waals surface area contributed by atoms with Gasteiger partial charge < -0.3 is 5.73 Å². The summed E-state index contributed by atoms with van der Waals surface area (Å²) < 4.78 is 2.00.